The fourth-order valence-electron chi connectivity index (χ4n) is 3.66. The van der Waals surface area contributed by atoms with Crippen LogP contribution in [0.15, 0.2) is 18.2 Å². The SMILES string of the molecule is Nc1nc(N2CCCCC2)nc2c1C(C(=O)Nc1cc(Cl)ccc1Cl)CC(=O)N2. The van der Waals surface area contributed by atoms with Crippen molar-refractivity contribution in [1.29, 1.82) is 0 Å². The zero-order valence-electron chi connectivity index (χ0n) is 15.5. The Hall–Kier alpha value is -2.58. The number of piperidine rings is 1. The normalized spacial score (nSPS) is 18.8. The highest BCUT2D eigenvalue weighted by Crippen LogP contribution is 2.37. The molecule has 4 N–H and O–H groups in total. The van der Waals surface area contributed by atoms with E-state index in [1.165, 1.54) is 6.42 Å². The smallest absolute Gasteiger partial charge is 0.232 e. The van der Waals surface area contributed by atoms with Crippen LogP contribution in [0.2, 0.25) is 10.0 Å². The fourth-order valence-corrected chi connectivity index (χ4v) is 3.99. The van der Waals surface area contributed by atoms with Gasteiger partial charge in [0.1, 0.15) is 11.6 Å². The summed E-state index contributed by atoms with van der Waals surface area (Å²) < 4.78 is 0. The van der Waals surface area contributed by atoms with Crippen LogP contribution in [0.3, 0.4) is 0 Å². The number of aromatic nitrogens is 2. The first-order valence-electron chi connectivity index (χ1n) is 9.40. The van der Waals surface area contributed by atoms with Crippen molar-refractivity contribution in [2.45, 2.75) is 31.6 Å². The number of carbonyl (C=O) groups is 2. The lowest BCUT2D eigenvalue weighted by atomic mass is 9.92. The molecule has 1 aromatic carbocycles. The topological polar surface area (TPSA) is 113 Å². The summed E-state index contributed by atoms with van der Waals surface area (Å²) in [5, 5.41) is 6.23. The highest BCUT2D eigenvalue weighted by molar-refractivity contribution is 6.35. The summed E-state index contributed by atoms with van der Waals surface area (Å²) in [5.41, 5.74) is 6.99. The first kappa shape index (κ1) is 19.7. The number of anilines is 4. The van der Waals surface area contributed by atoms with Gasteiger partial charge >= 0.3 is 0 Å². The Balaban J connectivity index is 1.65. The van der Waals surface area contributed by atoms with E-state index in [4.69, 9.17) is 28.9 Å². The molecule has 1 saturated heterocycles. The van der Waals surface area contributed by atoms with E-state index in [-0.39, 0.29) is 24.0 Å². The molecule has 8 nitrogen and oxygen atoms in total. The van der Waals surface area contributed by atoms with E-state index >= 15 is 0 Å². The molecule has 0 spiro atoms. The number of benzene rings is 1. The number of rotatable bonds is 3. The third-order valence-electron chi connectivity index (χ3n) is 5.10. The van der Waals surface area contributed by atoms with Gasteiger partial charge in [0.25, 0.3) is 0 Å². The first-order valence-corrected chi connectivity index (χ1v) is 10.2. The minimum atomic E-state index is -0.829. The highest BCUT2D eigenvalue weighted by Gasteiger charge is 2.35. The van der Waals surface area contributed by atoms with Crippen molar-refractivity contribution in [2.75, 3.05) is 34.4 Å². The average molecular weight is 435 g/mol. The monoisotopic (exact) mass is 434 g/mol. The molecule has 1 aromatic heterocycles. The molecule has 2 aliphatic rings. The van der Waals surface area contributed by atoms with Gasteiger partial charge in [0, 0.05) is 24.5 Å². The minimum Gasteiger partial charge on any atom is -0.383 e. The van der Waals surface area contributed by atoms with Gasteiger partial charge in [0.15, 0.2) is 0 Å². The lowest BCUT2D eigenvalue weighted by molar-refractivity contribution is -0.123. The zero-order valence-corrected chi connectivity index (χ0v) is 17.1. The van der Waals surface area contributed by atoms with E-state index in [9.17, 15) is 9.59 Å². The third-order valence-corrected chi connectivity index (χ3v) is 5.67. The van der Waals surface area contributed by atoms with Crippen molar-refractivity contribution in [1.82, 2.24) is 9.97 Å². The second-order valence-corrected chi connectivity index (χ2v) is 7.98. The molecular formula is C19H20Cl2N6O2. The summed E-state index contributed by atoms with van der Waals surface area (Å²) in [7, 11) is 0. The Morgan fingerprint density at radius 2 is 1.97 bits per heavy atom. The maximum absolute atomic E-state index is 13.0. The van der Waals surface area contributed by atoms with Gasteiger partial charge < -0.3 is 21.3 Å². The number of carbonyl (C=O) groups excluding carboxylic acids is 2. The number of hydrogen-bond donors (Lipinski definition) is 3. The number of amides is 2. The quantitative estimate of drug-likeness (QED) is 0.681. The molecule has 0 radical (unpaired) electrons. The number of nitrogens with one attached hydrogen (secondary N) is 2. The molecule has 1 fully saturated rings. The van der Waals surface area contributed by atoms with E-state index in [2.05, 4.69) is 20.6 Å². The zero-order chi connectivity index (χ0) is 20.5. The second kappa shape index (κ2) is 8.04. The Labute approximate surface area is 177 Å². The number of nitrogen functional groups attached to an aromatic ring is 1. The van der Waals surface area contributed by atoms with Gasteiger partial charge in [-0.25, -0.2) is 0 Å². The van der Waals surface area contributed by atoms with Crippen LogP contribution in [0.5, 0.6) is 0 Å². The van der Waals surface area contributed by atoms with Crippen molar-refractivity contribution < 1.29 is 9.59 Å². The number of fused-ring (bicyclic) bond motifs is 1. The fraction of sp³-hybridized carbons (Fsp3) is 0.368. The summed E-state index contributed by atoms with van der Waals surface area (Å²) in [4.78, 5) is 36.2. The van der Waals surface area contributed by atoms with Crippen LogP contribution in [0.4, 0.5) is 23.3 Å². The molecule has 2 amide bonds. The van der Waals surface area contributed by atoms with Crippen molar-refractivity contribution >= 4 is 58.3 Å². The van der Waals surface area contributed by atoms with Gasteiger partial charge in [-0.05, 0) is 37.5 Å². The summed E-state index contributed by atoms with van der Waals surface area (Å²) in [5.74, 6) is -0.618. The Morgan fingerprint density at radius 3 is 2.72 bits per heavy atom. The van der Waals surface area contributed by atoms with Crippen molar-refractivity contribution in [3.05, 3.63) is 33.8 Å². The molecular weight excluding hydrogens is 415 g/mol. The first-order chi connectivity index (χ1) is 13.9. The number of hydrogen-bond acceptors (Lipinski definition) is 6. The largest absolute Gasteiger partial charge is 0.383 e. The summed E-state index contributed by atoms with van der Waals surface area (Å²) in [6.45, 7) is 1.67. The minimum absolute atomic E-state index is 0.0619. The van der Waals surface area contributed by atoms with Crippen LogP contribution in [0.1, 0.15) is 37.2 Å². The van der Waals surface area contributed by atoms with Gasteiger partial charge in [-0.2, -0.15) is 9.97 Å². The molecule has 0 aliphatic carbocycles. The molecule has 2 aromatic rings. The predicted molar refractivity (Wildman–Crippen MR) is 114 cm³/mol. The Kier molecular flexibility index (Phi) is 5.47. The number of nitrogens with two attached hydrogens (primary N) is 1. The molecule has 152 valence electrons. The summed E-state index contributed by atoms with van der Waals surface area (Å²) >= 11 is 12.1. The average Bonchev–Trinajstić information content (AvgIpc) is 2.70. The molecule has 29 heavy (non-hydrogen) atoms. The van der Waals surface area contributed by atoms with Crippen LogP contribution < -0.4 is 21.3 Å². The molecule has 2 aliphatic heterocycles. The molecule has 4 rings (SSSR count). The second-order valence-electron chi connectivity index (χ2n) is 7.14. The van der Waals surface area contributed by atoms with Gasteiger partial charge in [-0.15, -0.1) is 0 Å². The van der Waals surface area contributed by atoms with Gasteiger partial charge in [0.2, 0.25) is 17.8 Å². The van der Waals surface area contributed by atoms with Gasteiger partial charge in [-0.1, -0.05) is 23.2 Å². The van der Waals surface area contributed by atoms with Crippen LogP contribution in [0, 0.1) is 0 Å². The van der Waals surface area contributed by atoms with Crippen molar-refractivity contribution in [2.24, 2.45) is 0 Å². The van der Waals surface area contributed by atoms with E-state index in [1.54, 1.807) is 18.2 Å². The lowest BCUT2D eigenvalue weighted by Gasteiger charge is -2.30. The number of nitrogens with zero attached hydrogens (tertiary/aromatic N) is 3. The van der Waals surface area contributed by atoms with Crippen molar-refractivity contribution in [3.8, 4) is 0 Å². The summed E-state index contributed by atoms with van der Waals surface area (Å²) in [6, 6.07) is 4.76. The van der Waals surface area contributed by atoms with E-state index in [0.29, 0.717) is 27.2 Å². The van der Waals surface area contributed by atoms with E-state index in [1.807, 2.05) is 4.90 Å². The van der Waals surface area contributed by atoms with Gasteiger partial charge in [-0.3, -0.25) is 9.59 Å². The lowest BCUT2D eigenvalue weighted by Crippen LogP contribution is -2.35. The van der Waals surface area contributed by atoms with Crippen LogP contribution >= 0.6 is 23.2 Å². The molecule has 10 heteroatoms. The molecule has 0 bridgehead atoms. The standard InChI is InChI=1S/C19H20Cl2N6O2/c20-10-4-5-12(21)13(8-10)23-18(29)11-9-14(28)24-17-15(11)16(22)25-19(26-17)27-6-2-1-3-7-27/h4-5,8,11H,1-3,6-7,9H2,(H,23,29)(H3,22,24,25,26,28). The predicted octanol–water partition coefficient (Wildman–Crippen LogP) is 3.42. The van der Waals surface area contributed by atoms with Crippen LogP contribution in [-0.4, -0.2) is 34.9 Å². The van der Waals surface area contributed by atoms with Crippen LogP contribution in [-0.2, 0) is 9.59 Å². The third kappa shape index (κ3) is 4.09. The summed E-state index contributed by atoms with van der Waals surface area (Å²) in [6.07, 6.45) is 3.21. The molecule has 1 atom stereocenters. The van der Waals surface area contributed by atoms with Gasteiger partial charge in [0.05, 0.1) is 22.2 Å². The van der Waals surface area contributed by atoms with Crippen molar-refractivity contribution in [3.63, 3.8) is 0 Å². The van der Waals surface area contributed by atoms with Crippen LogP contribution in [0.25, 0.3) is 0 Å². The van der Waals surface area contributed by atoms with E-state index < -0.39 is 11.8 Å². The number of halogens is 2. The Bertz CT molecular complexity index is 977. The molecule has 1 unspecified atom stereocenters. The maximum atomic E-state index is 13.0. The van der Waals surface area contributed by atoms with E-state index in [0.717, 1.165) is 25.9 Å². The highest BCUT2D eigenvalue weighted by atomic mass is 35.5. The molecule has 0 saturated carbocycles. The molecule has 3 heterocycles. The maximum Gasteiger partial charge on any atom is 0.232 e. The Morgan fingerprint density at radius 1 is 1.21 bits per heavy atom.